The van der Waals surface area contributed by atoms with Crippen molar-refractivity contribution >= 4 is 11.9 Å². The molecule has 0 amide bonds. The van der Waals surface area contributed by atoms with E-state index >= 15 is 0 Å². The minimum atomic E-state index is 0.288. The quantitative estimate of drug-likeness (QED) is 0.495. The molecule has 0 aliphatic rings. The first kappa shape index (κ1) is 16.4. The van der Waals surface area contributed by atoms with Crippen molar-refractivity contribution in [3.8, 4) is 6.01 Å². The first-order valence-electron chi connectivity index (χ1n) is 6.85. The molecule has 0 fully saturated rings. The molecular weight excluding hydrogens is 258 g/mol. The van der Waals surface area contributed by atoms with E-state index in [0.717, 1.165) is 26.1 Å². The van der Waals surface area contributed by atoms with E-state index in [1.807, 2.05) is 6.92 Å². The second-order valence-electron chi connectivity index (χ2n) is 4.56. The minimum absolute atomic E-state index is 0.288. The van der Waals surface area contributed by atoms with Gasteiger partial charge in [0.25, 0.3) is 0 Å². The van der Waals surface area contributed by atoms with Crippen LogP contribution in [0, 0.1) is 0 Å². The Balaban J connectivity index is 2.81. The van der Waals surface area contributed by atoms with Gasteiger partial charge in [0, 0.05) is 13.1 Å². The van der Waals surface area contributed by atoms with E-state index in [0.29, 0.717) is 18.5 Å². The Morgan fingerprint density at radius 3 is 2.45 bits per heavy atom. The van der Waals surface area contributed by atoms with E-state index in [2.05, 4.69) is 51.2 Å². The largest absolute Gasteiger partial charge is 0.464 e. The zero-order valence-corrected chi connectivity index (χ0v) is 12.8. The normalized spacial score (nSPS) is 10.7. The molecule has 0 saturated carbocycles. The molecule has 0 atom stereocenters. The molecule has 0 aromatic carbocycles. The lowest BCUT2D eigenvalue weighted by Gasteiger charge is -2.22. The third-order valence-electron chi connectivity index (χ3n) is 2.70. The van der Waals surface area contributed by atoms with Crippen LogP contribution in [-0.2, 0) is 0 Å². The van der Waals surface area contributed by atoms with Crippen molar-refractivity contribution in [3.63, 3.8) is 0 Å². The SMILES string of the molecule is CCOc1nc(NN)nc(N(CC)CCCN(C)C)n1. The third kappa shape index (κ3) is 5.14. The van der Waals surface area contributed by atoms with Gasteiger partial charge in [-0.05, 0) is 40.9 Å². The number of hydrogen-bond acceptors (Lipinski definition) is 8. The summed E-state index contributed by atoms with van der Waals surface area (Å²) in [5.74, 6) is 6.27. The van der Waals surface area contributed by atoms with Gasteiger partial charge in [0.05, 0.1) is 6.61 Å². The predicted octanol–water partition coefficient (Wildman–Crippen LogP) is 0.334. The van der Waals surface area contributed by atoms with Crippen LogP contribution in [0.4, 0.5) is 11.9 Å². The van der Waals surface area contributed by atoms with Gasteiger partial charge in [0.1, 0.15) is 0 Å². The van der Waals surface area contributed by atoms with Crippen LogP contribution in [-0.4, -0.2) is 60.2 Å². The molecule has 20 heavy (non-hydrogen) atoms. The molecule has 0 spiro atoms. The van der Waals surface area contributed by atoms with Crippen LogP contribution in [0.5, 0.6) is 6.01 Å². The van der Waals surface area contributed by atoms with Crippen LogP contribution in [0.15, 0.2) is 0 Å². The number of nitrogens with zero attached hydrogens (tertiary/aromatic N) is 5. The van der Waals surface area contributed by atoms with E-state index in [9.17, 15) is 0 Å². The average Bonchev–Trinajstić information content (AvgIpc) is 2.43. The Kier molecular flexibility index (Phi) is 6.96. The summed E-state index contributed by atoms with van der Waals surface area (Å²) in [6, 6.07) is 0.288. The van der Waals surface area contributed by atoms with E-state index < -0.39 is 0 Å². The number of nitrogens with one attached hydrogen (secondary N) is 1. The van der Waals surface area contributed by atoms with Crippen LogP contribution < -0.4 is 20.9 Å². The fourth-order valence-electron chi connectivity index (χ4n) is 1.72. The summed E-state index contributed by atoms with van der Waals surface area (Å²) in [5, 5.41) is 0. The summed E-state index contributed by atoms with van der Waals surface area (Å²) in [7, 11) is 4.12. The van der Waals surface area contributed by atoms with Crippen LogP contribution in [0.2, 0.25) is 0 Å². The number of aromatic nitrogens is 3. The Morgan fingerprint density at radius 2 is 1.90 bits per heavy atom. The van der Waals surface area contributed by atoms with Gasteiger partial charge in [-0.2, -0.15) is 15.0 Å². The highest BCUT2D eigenvalue weighted by molar-refractivity contribution is 5.37. The number of ether oxygens (including phenoxy) is 1. The molecule has 0 radical (unpaired) electrons. The average molecular weight is 283 g/mol. The van der Waals surface area contributed by atoms with E-state index in [4.69, 9.17) is 10.6 Å². The summed E-state index contributed by atoms with van der Waals surface area (Å²) in [5.41, 5.74) is 2.44. The highest BCUT2D eigenvalue weighted by atomic mass is 16.5. The Labute approximate surface area is 120 Å². The van der Waals surface area contributed by atoms with Gasteiger partial charge in [-0.1, -0.05) is 0 Å². The van der Waals surface area contributed by atoms with Crippen molar-refractivity contribution in [3.05, 3.63) is 0 Å². The van der Waals surface area contributed by atoms with Crippen molar-refractivity contribution in [1.29, 1.82) is 0 Å². The topological polar surface area (TPSA) is 92.4 Å². The fraction of sp³-hybridized carbons (Fsp3) is 0.750. The molecule has 114 valence electrons. The van der Waals surface area contributed by atoms with Crippen molar-refractivity contribution in [2.75, 3.05) is 50.7 Å². The lowest BCUT2D eigenvalue weighted by atomic mass is 10.3. The van der Waals surface area contributed by atoms with Gasteiger partial charge in [-0.3, -0.25) is 5.43 Å². The second kappa shape index (κ2) is 8.49. The Bertz CT molecular complexity index is 399. The summed E-state index contributed by atoms with van der Waals surface area (Å²) >= 11 is 0. The maximum atomic E-state index is 5.38. The van der Waals surface area contributed by atoms with Crippen LogP contribution >= 0.6 is 0 Å². The zero-order chi connectivity index (χ0) is 15.0. The van der Waals surface area contributed by atoms with Gasteiger partial charge in [0.2, 0.25) is 11.9 Å². The highest BCUT2D eigenvalue weighted by Crippen LogP contribution is 2.14. The number of anilines is 2. The number of hydrogen-bond donors (Lipinski definition) is 2. The first-order valence-corrected chi connectivity index (χ1v) is 6.85. The minimum Gasteiger partial charge on any atom is -0.464 e. The Hall–Kier alpha value is -1.67. The molecule has 1 rings (SSSR count). The number of nitrogens with two attached hydrogens (primary N) is 1. The lowest BCUT2D eigenvalue weighted by molar-refractivity contribution is 0.312. The second-order valence-corrected chi connectivity index (χ2v) is 4.56. The molecule has 0 unspecified atom stereocenters. The summed E-state index contributed by atoms with van der Waals surface area (Å²) in [6.45, 7) is 7.15. The third-order valence-corrected chi connectivity index (χ3v) is 2.70. The first-order chi connectivity index (χ1) is 9.60. The molecule has 0 aliphatic carbocycles. The molecule has 8 nitrogen and oxygen atoms in total. The van der Waals surface area contributed by atoms with Crippen molar-refractivity contribution in [1.82, 2.24) is 19.9 Å². The van der Waals surface area contributed by atoms with Crippen LogP contribution in [0.1, 0.15) is 20.3 Å². The number of hydrazine groups is 1. The summed E-state index contributed by atoms with van der Waals surface area (Å²) in [6.07, 6.45) is 1.03. The molecule has 0 saturated heterocycles. The van der Waals surface area contributed by atoms with Crippen LogP contribution in [0.3, 0.4) is 0 Å². The molecule has 3 N–H and O–H groups in total. The molecule has 1 heterocycles. The predicted molar refractivity (Wildman–Crippen MR) is 79.9 cm³/mol. The fourth-order valence-corrected chi connectivity index (χ4v) is 1.72. The van der Waals surface area contributed by atoms with E-state index in [1.54, 1.807) is 0 Å². The van der Waals surface area contributed by atoms with Gasteiger partial charge < -0.3 is 14.5 Å². The maximum Gasteiger partial charge on any atom is 0.323 e. The van der Waals surface area contributed by atoms with E-state index in [-0.39, 0.29) is 6.01 Å². The van der Waals surface area contributed by atoms with Crippen molar-refractivity contribution in [2.24, 2.45) is 5.84 Å². The zero-order valence-electron chi connectivity index (χ0n) is 12.8. The lowest BCUT2D eigenvalue weighted by Crippen LogP contribution is -2.29. The number of rotatable bonds is 9. The van der Waals surface area contributed by atoms with Gasteiger partial charge in [-0.25, -0.2) is 5.84 Å². The standard InChI is InChI=1S/C12H25N7O/c1-5-19(9-7-8-18(3)4)11-14-10(17-13)15-12(16-11)20-6-2/h5-9,13H2,1-4H3,(H,14,15,16,17). The van der Waals surface area contributed by atoms with Gasteiger partial charge >= 0.3 is 6.01 Å². The molecule has 0 aliphatic heterocycles. The van der Waals surface area contributed by atoms with Gasteiger partial charge in [0.15, 0.2) is 0 Å². The summed E-state index contributed by atoms with van der Waals surface area (Å²) in [4.78, 5) is 16.9. The monoisotopic (exact) mass is 283 g/mol. The van der Waals surface area contributed by atoms with E-state index in [1.165, 1.54) is 0 Å². The molecule has 1 aromatic heterocycles. The smallest absolute Gasteiger partial charge is 0.323 e. The molecule has 1 aromatic rings. The molecule has 0 bridgehead atoms. The maximum absolute atomic E-state index is 5.38. The Morgan fingerprint density at radius 1 is 1.15 bits per heavy atom. The van der Waals surface area contributed by atoms with Crippen molar-refractivity contribution in [2.45, 2.75) is 20.3 Å². The number of nitrogen functional groups attached to an aromatic ring is 1. The molecule has 8 heteroatoms. The van der Waals surface area contributed by atoms with Crippen molar-refractivity contribution < 1.29 is 4.74 Å². The highest BCUT2D eigenvalue weighted by Gasteiger charge is 2.12. The summed E-state index contributed by atoms with van der Waals surface area (Å²) < 4.78 is 5.33. The van der Waals surface area contributed by atoms with Gasteiger partial charge in [-0.15, -0.1) is 0 Å². The van der Waals surface area contributed by atoms with Crippen LogP contribution in [0.25, 0.3) is 0 Å². The molecular formula is C12H25N7O.